The molecule has 1 aliphatic rings. The van der Waals surface area contributed by atoms with Crippen LogP contribution in [0.5, 0.6) is 5.75 Å². The number of benzene rings is 2. The first kappa shape index (κ1) is 18.5. The van der Waals surface area contributed by atoms with Gasteiger partial charge in [0.1, 0.15) is 5.75 Å². The van der Waals surface area contributed by atoms with Gasteiger partial charge in [-0.2, -0.15) is 0 Å². The zero-order valence-corrected chi connectivity index (χ0v) is 15.8. The minimum atomic E-state index is 0.161. The van der Waals surface area contributed by atoms with Gasteiger partial charge >= 0.3 is 0 Å². The minimum Gasteiger partial charge on any atom is -0.497 e. The van der Waals surface area contributed by atoms with Crippen molar-refractivity contribution in [2.45, 2.75) is 50.9 Å². The second kappa shape index (κ2) is 8.88. The molecule has 1 aliphatic carbocycles. The Balaban J connectivity index is 1.77. The third-order valence-corrected chi connectivity index (χ3v) is 5.39. The molecule has 2 aromatic rings. The van der Waals surface area contributed by atoms with Crippen molar-refractivity contribution in [1.29, 1.82) is 0 Å². The fraction of sp³-hybridized carbons (Fsp3) is 0.435. The molecule has 0 heterocycles. The summed E-state index contributed by atoms with van der Waals surface area (Å²) in [5, 5.41) is 3.07. The Kier molecular flexibility index (Phi) is 6.32. The number of amides is 1. The average molecular weight is 351 g/mol. The largest absolute Gasteiger partial charge is 0.497 e. The Hall–Kier alpha value is -2.29. The summed E-state index contributed by atoms with van der Waals surface area (Å²) in [6.45, 7) is 2.77. The molecule has 0 radical (unpaired) electrons. The number of ether oxygens (including phenoxy) is 1. The van der Waals surface area contributed by atoms with E-state index in [1.54, 1.807) is 7.11 Å². The molecule has 1 amide bonds. The fourth-order valence-corrected chi connectivity index (χ4v) is 4.04. The Morgan fingerprint density at radius 1 is 1.19 bits per heavy atom. The molecule has 3 heteroatoms. The van der Waals surface area contributed by atoms with Crippen LogP contribution in [0.25, 0.3) is 0 Å². The third-order valence-electron chi connectivity index (χ3n) is 5.39. The van der Waals surface area contributed by atoms with Crippen molar-refractivity contribution >= 4 is 5.91 Å². The van der Waals surface area contributed by atoms with E-state index in [1.807, 2.05) is 6.92 Å². The summed E-state index contributed by atoms with van der Waals surface area (Å²) in [7, 11) is 1.72. The van der Waals surface area contributed by atoms with Crippen LogP contribution >= 0.6 is 0 Å². The van der Waals surface area contributed by atoms with Crippen LogP contribution in [0, 0.1) is 0 Å². The molecule has 0 bridgehead atoms. The molecule has 0 aliphatic heterocycles. The molecule has 2 aromatic carbocycles. The van der Waals surface area contributed by atoms with Crippen LogP contribution in [0.2, 0.25) is 0 Å². The predicted molar refractivity (Wildman–Crippen MR) is 106 cm³/mol. The summed E-state index contributed by atoms with van der Waals surface area (Å²) in [6.07, 6.45) is 4.67. The molecule has 3 rings (SSSR count). The second-order valence-electron chi connectivity index (χ2n) is 7.20. The molecule has 0 aromatic heterocycles. The topological polar surface area (TPSA) is 38.3 Å². The number of nitrogens with one attached hydrogen (secondary N) is 1. The van der Waals surface area contributed by atoms with E-state index in [0.29, 0.717) is 18.3 Å². The van der Waals surface area contributed by atoms with Crippen molar-refractivity contribution in [2.24, 2.45) is 0 Å². The highest BCUT2D eigenvalue weighted by Gasteiger charge is 2.28. The number of carbonyl (C=O) groups excluding carboxylic acids is 1. The van der Waals surface area contributed by atoms with Crippen LogP contribution in [0.3, 0.4) is 0 Å². The zero-order chi connectivity index (χ0) is 18.4. The van der Waals surface area contributed by atoms with Crippen molar-refractivity contribution in [3.63, 3.8) is 0 Å². The van der Waals surface area contributed by atoms with Crippen molar-refractivity contribution in [3.05, 3.63) is 65.2 Å². The van der Waals surface area contributed by atoms with E-state index in [0.717, 1.165) is 38.0 Å². The van der Waals surface area contributed by atoms with Gasteiger partial charge in [-0.3, -0.25) is 4.79 Å². The second-order valence-corrected chi connectivity index (χ2v) is 7.20. The van der Waals surface area contributed by atoms with Crippen molar-refractivity contribution in [2.75, 3.05) is 13.7 Å². The highest BCUT2D eigenvalue weighted by molar-refractivity contribution is 5.75. The van der Waals surface area contributed by atoms with Gasteiger partial charge in [0.05, 0.1) is 7.11 Å². The Morgan fingerprint density at radius 3 is 2.73 bits per heavy atom. The highest BCUT2D eigenvalue weighted by atomic mass is 16.5. The van der Waals surface area contributed by atoms with Gasteiger partial charge in [0.25, 0.3) is 0 Å². The Bertz CT molecular complexity index is 726. The third kappa shape index (κ3) is 4.46. The summed E-state index contributed by atoms with van der Waals surface area (Å²) in [5.41, 5.74) is 4.21. The molecule has 0 fully saturated rings. The van der Waals surface area contributed by atoms with Crippen molar-refractivity contribution in [1.82, 2.24) is 5.32 Å². The van der Waals surface area contributed by atoms with Gasteiger partial charge in [0, 0.05) is 13.0 Å². The maximum atomic E-state index is 11.8. The monoisotopic (exact) mass is 351 g/mol. The lowest BCUT2D eigenvalue weighted by atomic mass is 9.73. The molecule has 1 N–H and O–H groups in total. The van der Waals surface area contributed by atoms with E-state index < -0.39 is 0 Å². The highest BCUT2D eigenvalue weighted by Crippen LogP contribution is 2.42. The molecule has 2 unspecified atom stereocenters. The van der Waals surface area contributed by atoms with Gasteiger partial charge in [0.15, 0.2) is 0 Å². The zero-order valence-electron chi connectivity index (χ0n) is 15.8. The Morgan fingerprint density at radius 2 is 2.00 bits per heavy atom. The van der Waals surface area contributed by atoms with E-state index in [9.17, 15) is 4.79 Å². The van der Waals surface area contributed by atoms with Gasteiger partial charge < -0.3 is 10.1 Å². The first-order valence-electron chi connectivity index (χ1n) is 9.69. The predicted octanol–water partition coefficient (Wildman–Crippen LogP) is 4.82. The van der Waals surface area contributed by atoms with E-state index >= 15 is 0 Å². The maximum Gasteiger partial charge on any atom is 0.219 e. The van der Waals surface area contributed by atoms with Crippen molar-refractivity contribution < 1.29 is 9.53 Å². The van der Waals surface area contributed by atoms with Crippen LogP contribution in [0.15, 0.2) is 48.5 Å². The molecule has 3 nitrogen and oxygen atoms in total. The molecule has 0 saturated heterocycles. The van der Waals surface area contributed by atoms with Gasteiger partial charge in [-0.15, -0.1) is 0 Å². The molecule has 26 heavy (non-hydrogen) atoms. The van der Waals surface area contributed by atoms with Gasteiger partial charge in [-0.05, 0) is 66.3 Å². The maximum absolute atomic E-state index is 11.8. The number of hydrogen-bond acceptors (Lipinski definition) is 2. The number of hydrogen-bond donors (Lipinski definition) is 1. The van der Waals surface area contributed by atoms with Crippen LogP contribution in [0.4, 0.5) is 0 Å². The Labute approximate surface area is 156 Å². The van der Waals surface area contributed by atoms with Crippen LogP contribution in [-0.4, -0.2) is 19.6 Å². The number of fused-ring (bicyclic) bond motifs is 1. The SMILES string of the molecule is CCCC(=O)NCCC1CC(c2ccccc2)Cc2ccc(OC)cc21. The van der Waals surface area contributed by atoms with Crippen molar-refractivity contribution in [3.8, 4) is 5.75 Å². The van der Waals surface area contributed by atoms with Gasteiger partial charge in [-0.25, -0.2) is 0 Å². The minimum absolute atomic E-state index is 0.161. The summed E-state index contributed by atoms with van der Waals surface area (Å²) in [5.74, 6) is 2.06. The van der Waals surface area contributed by atoms with E-state index in [4.69, 9.17) is 4.74 Å². The summed E-state index contributed by atoms with van der Waals surface area (Å²) < 4.78 is 5.44. The molecule has 0 saturated carbocycles. The quantitative estimate of drug-likeness (QED) is 0.777. The molecular formula is C23H29NO2. The number of carbonyl (C=O) groups is 1. The van der Waals surface area contributed by atoms with Crippen LogP contribution in [-0.2, 0) is 11.2 Å². The number of methoxy groups -OCH3 is 1. The number of rotatable bonds is 7. The van der Waals surface area contributed by atoms with E-state index in [-0.39, 0.29) is 5.91 Å². The van der Waals surface area contributed by atoms with Gasteiger partial charge in [-0.1, -0.05) is 43.3 Å². The lowest BCUT2D eigenvalue weighted by Crippen LogP contribution is -2.27. The summed E-state index contributed by atoms with van der Waals surface area (Å²) in [4.78, 5) is 11.8. The molecular weight excluding hydrogens is 322 g/mol. The molecule has 138 valence electrons. The summed E-state index contributed by atoms with van der Waals surface area (Å²) >= 11 is 0. The lowest BCUT2D eigenvalue weighted by Gasteiger charge is -2.32. The first-order valence-corrected chi connectivity index (χ1v) is 9.69. The normalized spacial score (nSPS) is 18.8. The van der Waals surface area contributed by atoms with E-state index in [1.165, 1.54) is 16.7 Å². The van der Waals surface area contributed by atoms with Gasteiger partial charge in [0.2, 0.25) is 5.91 Å². The van der Waals surface area contributed by atoms with Crippen LogP contribution in [0.1, 0.15) is 61.1 Å². The lowest BCUT2D eigenvalue weighted by molar-refractivity contribution is -0.121. The first-order chi connectivity index (χ1) is 12.7. The van der Waals surface area contributed by atoms with Crippen LogP contribution < -0.4 is 10.1 Å². The van der Waals surface area contributed by atoms with E-state index in [2.05, 4.69) is 53.8 Å². The molecule has 2 atom stereocenters. The molecule has 0 spiro atoms. The fourth-order valence-electron chi connectivity index (χ4n) is 4.04. The standard InChI is InChI=1S/C23H29NO2/c1-3-7-23(25)24-13-12-19-15-20(17-8-5-4-6-9-17)14-18-10-11-21(26-2)16-22(18)19/h4-6,8-11,16,19-20H,3,7,12-15H2,1-2H3,(H,24,25). The smallest absolute Gasteiger partial charge is 0.219 e. The average Bonchev–Trinajstić information content (AvgIpc) is 2.68. The summed E-state index contributed by atoms with van der Waals surface area (Å²) in [6, 6.07) is 17.3.